The summed E-state index contributed by atoms with van der Waals surface area (Å²) in [5, 5.41) is 12.6. The van der Waals surface area contributed by atoms with Crippen LogP contribution in [0.2, 0.25) is 0 Å². The van der Waals surface area contributed by atoms with E-state index >= 15 is 0 Å². The zero-order valence-corrected chi connectivity index (χ0v) is 59.0. The number of para-hydroxylation sites is 2. The van der Waals surface area contributed by atoms with Crippen LogP contribution >= 0.6 is 0 Å². The number of rotatable bonds is 11. The molecule has 3 heterocycles. The zero-order chi connectivity index (χ0) is 70.9. The predicted octanol–water partition coefficient (Wildman–Crippen LogP) is 26.3. The maximum Gasteiger partial charge on any atom is 0.252 e. The molecule has 0 fully saturated rings. The standard InChI is InChI=1S/C104H66BN3/c1-8-29-67(30-9-1)75-54-58-96-93(63-75)105-92-57-53-76(80-55-56-87-85-48-27-44-74-43-26-47-84(100(74)85)86-50-28-49-83(80)101(86)87)64-97(92)108(104-90(72-39-18-6-19-40-72)61-78(69-33-12-3-13-34-69)62-91(104)73-41-20-7-21-42-73)99-66-79(106-94-51-24-22-45-81(94)82-46-23-25-52-95(82)106)65-98(102(99)105)107(96)103-88(70-35-14-4-15-36-70)59-77(68-31-10-2-11-32-68)60-89(103)71-37-16-5-17-38-71/h1-66H. The molecule has 0 saturated heterocycles. The van der Waals surface area contributed by atoms with E-state index in [9.17, 15) is 0 Å². The van der Waals surface area contributed by atoms with Crippen LogP contribution in [0.5, 0.6) is 0 Å². The Morgan fingerprint density at radius 3 is 1.06 bits per heavy atom. The maximum absolute atomic E-state index is 2.73. The van der Waals surface area contributed by atoms with Gasteiger partial charge in [0.2, 0.25) is 0 Å². The van der Waals surface area contributed by atoms with Gasteiger partial charge in [0, 0.05) is 55.8 Å². The van der Waals surface area contributed by atoms with Gasteiger partial charge < -0.3 is 14.4 Å². The summed E-state index contributed by atoms with van der Waals surface area (Å²) in [4.78, 5) is 5.42. The molecule has 0 N–H and O–H groups in total. The molecule has 19 aromatic carbocycles. The molecule has 0 bridgehead atoms. The third kappa shape index (κ3) is 9.63. The summed E-state index contributed by atoms with van der Waals surface area (Å²) < 4.78 is 2.55. The molecule has 0 saturated carbocycles. The number of benzene rings is 19. The van der Waals surface area contributed by atoms with E-state index in [2.05, 4.69) is 415 Å². The van der Waals surface area contributed by atoms with E-state index in [-0.39, 0.29) is 6.71 Å². The molecule has 0 radical (unpaired) electrons. The lowest BCUT2D eigenvalue weighted by Crippen LogP contribution is -2.61. The first-order valence-electron chi connectivity index (χ1n) is 37.5. The Kier molecular flexibility index (Phi) is 14.1. The molecule has 20 aromatic rings. The molecule has 0 atom stereocenters. The van der Waals surface area contributed by atoms with Crippen LogP contribution < -0.4 is 26.2 Å². The van der Waals surface area contributed by atoms with E-state index in [1.807, 2.05) is 0 Å². The summed E-state index contributed by atoms with van der Waals surface area (Å²) >= 11 is 0. The summed E-state index contributed by atoms with van der Waals surface area (Å²) in [7, 11) is 0. The Bertz CT molecular complexity index is 6730. The summed E-state index contributed by atoms with van der Waals surface area (Å²) in [6.45, 7) is -0.293. The molecule has 108 heavy (non-hydrogen) atoms. The van der Waals surface area contributed by atoms with E-state index in [0.717, 1.165) is 134 Å². The Labute approximate surface area is 627 Å². The van der Waals surface area contributed by atoms with Gasteiger partial charge in [0.1, 0.15) is 0 Å². The molecular formula is C104H66BN3. The fourth-order valence-corrected chi connectivity index (χ4v) is 18.4. The van der Waals surface area contributed by atoms with Gasteiger partial charge in [-0.15, -0.1) is 0 Å². The van der Waals surface area contributed by atoms with Gasteiger partial charge in [-0.05, 0) is 187 Å². The van der Waals surface area contributed by atoms with Crippen LogP contribution in [0.25, 0.3) is 160 Å². The summed E-state index contributed by atoms with van der Waals surface area (Å²) in [5.41, 5.74) is 31.7. The van der Waals surface area contributed by atoms with Crippen LogP contribution in [0.4, 0.5) is 34.1 Å². The van der Waals surface area contributed by atoms with Crippen LogP contribution in [0, 0.1) is 0 Å². The first-order chi connectivity index (χ1) is 53.6. The van der Waals surface area contributed by atoms with Gasteiger partial charge in [-0.25, -0.2) is 0 Å². The topological polar surface area (TPSA) is 11.4 Å². The van der Waals surface area contributed by atoms with Crippen molar-refractivity contribution in [3.05, 3.63) is 400 Å². The number of nitrogens with zero attached hydrogens (tertiary/aromatic N) is 3. The number of anilines is 6. The van der Waals surface area contributed by atoms with Gasteiger partial charge in [-0.3, -0.25) is 0 Å². The first-order valence-corrected chi connectivity index (χ1v) is 37.5. The minimum atomic E-state index is -0.293. The molecular weight excluding hydrogens is 1300 g/mol. The Morgan fingerprint density at radius 1 is 0.194 bits per heavy atom. The molecule has 3 nitrogen and oxygen atoms in total. The van der Waals surface area contributed by atoms with Crippen molar-refractivity contribution in [2.45, 2.75) is 0 Å². The largest absolute Gasteiger partial charge is 0.310 e. The second-order valence-corrected chi connectivity index (χ2v) is 28.9. The molecule has 0 unspecified atom stereocenters. The van der Waals surface area contributed by atoms with Crippen molar-refractivity contribution in [1.82, 2.24) is 4.57 Å². The smallest absolute Gasteiger partial charge is 0.252 e. The molecule has 4 heteroatoms. The summed E-state index contributed by atoms with van der Waals surface area (Å²) in [6, 6.07) is 151. The van der Waals surface area contributed by atoms with Gasteiger partial charge in [-0.1, -0.05) is 340 Å². The number of hydrogen-bond acceptors (Lipinski definition) is 2. The molecule has 0 spiro atoms. The Morgan fingerprint density at radius 2 is 0.574 bits per heavy atom. The zero-order valence-electron chi connectivity index (χ0n) is 59.0. The van der Waals surface area contributed by atoms with Gasteiger partial charge in [0.25, 0.3) is 6.71 Å². The van der Waals surface area contributed by atoms with Crippen molar-refractivity contribution < 1.29 is 0 Å². The van der Waals surface area contributed by atoms with Gasteiger partial charge in [0.05, 0.1) is 28.1 Å². The highest BCUT2D eigenvalue weighted by atomic mass is 15.2. The predicted molar refractivity (Wildman–Crippen MR) is 460 cm³/mol. The van der Waals surface area contributed by atoms with E-state index in [1.165, 1.54) is 75.8 Å². The van der Waals surface area contributed by atoms with Crippen LogP contribution in [0.15, 0.2) is 400 Å². The molecule has 0 amide bonds. The minimum absolute atomic E-state index is 0.293. The molecule has 22 rings (SSSR count). The van der Waals surface area contributed by atoms with Crippen molar-refractivity contribution >= 4 is 122 Å². The van der Waals surface area contributed by atoms with Crippen molar-refractivity contribution in [3.63, 3.8) is 0 Å². The van der Waals surface area contributed by atoms with Crippen LogP contribution in [-0.4, -0.2) is 11.3 Å². The normalized spacial score (nSPS) is 12.4. The number of hydrogen-bond donors (Lipinski definition) is 0. The van der Waals surface area contributed by atoms with Gasteiger partial charge >= 0.3 is 0 Å². The monoisotopic (exact) mass is 1370 g/mol. The lowest BCUT2D eigenvalue weighted by atomic mass is 9.33. The molecule has 0 aliphatic carbocycles. The second kappa shape index (κ2) is 24.8. The average molecular weight is 1370 g/mol. The van der Waals surface area contributed by atoms with Crippen LogP contribution in [0.3, 0.4) is 0 Å². The Balaban J connectivity index is 0.933. The van der Waals surface area contributed by atoms with Crippen LogP contribution in [-0.2, 0) is 0 Å². The highest BCUT2D eigenvalue weighted by Gasteiger charge is 2.46. The van der Waals surface area contributed by atoms with Gasteiger partial charge in [0.15, 0.2) is 0 Å². The SMILES string of the molecule is c1ccc(-c2ccc3c(c2)B2c4ccc(-c5ccc6c7cccc8cccc(c9cccc5c96)c87)cc4N(c4c(-c5ccccc5)cc(-c5ccccc5)cc4-c4ccccc4)c4cc(-n5c6ccccc6c6ccccc65)cc(c42)N3c2c(-c3ccccc3)cc(-c3ccccc3)cc2-c2ccccc2)cc1. The highest BCUT2D eigenvalue weighted by Crippen LogP contribution is 2.56. The third-order valence-corrected chi connectivity index (χ3v) is 23.1. The van der Waals surface area contributed by atoms with E-state index in [1.54, 1.807) is 0 Å². The van der Waals surface area contributed by atoms with Crippen molar-refractivity contribution in [3.8, 4) is 94.7 Å². The van der Waals surface area contributed by atoms with Crippen molar-refractivity contribution in [2.24, 2.45) is 0 Å². The average Bonchev–Trinajstić information content (AvgIpc) is 0.766. The van der Waals surface area contributed by atoms with E-state index < -0.39 is 0 Å². The fraction of sp³-hybridized carbons (Fsp3) is 0. The molecule has 500 valence electrons. The Hall–Kier alpha value is -14.1. The third-order valence-electron chi connectivity index (χ3n) is 23.1. The number of aromatic nitrogens is 1. The van der Waals surface area contributed by atoms with Crippen molar-refractivity contribution in [1.29, 1.82) is 0 Å². The lowest BCUT2D eigenvalue weighted by Gasteiger charge is -2.46. The van der Waals surface area contributed by atoms with Crippen molar-refractivity contribution in [2.75, 3.05) is 9.80 Å². The summed E-state index contributed by atoms with van der Waals surface area (Å²) in [6.07, 6.45) is 0. The van der Waals surface area contributed by atoms with E-state index in [0.29, 0.717) is 0 Å². The quantitative estimate of drug-likeness (QED) is 0.0726. The van der Waals surface area contributed by atoms with Crippen LogP contribution in [0.1, 0.15) is 0 Å². The second-order valence-electron chi connectivity index (χ2n) is 28.9. The molecule has 2 aliphatic rings. The maximum atomic E-state index is 2.73. The fourth-order valence-electron chi connectivity index (χ4n) is 18.4. The molecule has 1 aromatic heterocycles. The first kappa shape index (κ1) is 61.4. The molecule has 2 aliphatic heterocycles. The highest BCUT2D eigenvalue weighted by molar-refractivity contribution is 7.00. The minimum Gasteiger partial charge on any atom is -0.310 e. The van der Waals surface area contributed by atoms with Gasteiger partial charge in [-0.2, -0.15) is 0 Å². The lowest BCUT2D eigenvalue weighted by molar-refractivity contribution is 1.16. The van der Waals surface area contributed by atoms with E-state index in [4.69, 9.17) is 0 Å². The number of fused-ring (bicyclic) bond motifs is 9. The summed E-state index contributed by atoms with van der Waals surface area (Å²) in [5.74, 6) is 0.